The summed E-state index contributed by atoms with van der Waals surface area (Å²) in [6, 6.07) is 73.2. The van der Waals surface area contributed by atoms with E-state index in [-0.39, 0.29) is 5.92 Å². The van der Waals surface area contributed by atoms with Gasteiger partial charge in [0.2, 0.25) is 0 Å². The zero-order valence-corrected chi connectivity index (χ0v) is 37.1. The van der Waals surface area contributed by atoms with Gasteiger partial charge in [0.1, 0.15) is 16.7 Å². The van der Waals surface area contributed by atoms with Crippen molar-refractivity contribution in [1.29, 1.82) is 0 Å². The molecule has 1 aliphatic heterocycles. The molecule has 10 aromatic carbocycles. The Labute approximate surface area is 391 Å². The SMILES string of the molecule is CC1C/C=C(\c2cccc3c2oc2ccccc23)N=C(c2ccc(-n3c4ccccc4c4cc5ccccc5cc43)c3oc4c5ccccc5ccc4c23)N=C1c1cccc(-c2ccccc2)c1. The molecule has 0 saturated carbocycles. The fraction of sp³-hybridized carbons (Fsp3) is 0.0476. The van der Waals surface area contributed by atoms with Crippen LogP contribution in [0.1, 0.15) is 30.0 Å². The summed E-state index contributed by atoms with van der Waals surface area (Å²) < 4.78 is 16.4. The Morgan fingerprint density at radius 1 is 0.441 bits per heavy atom. The molecule has 0 spiro atoms. The number of rotatable bonds is 5. The van der Waals surface area contributed by atoms with Gasteiger partial charge in [-0.15, -0.1) is 0 Å². The first kappa shape index (κ1) is 38.5. The predicted octanol–water partition coefficient (Wildman–Crippen LogP) is 16.9. The van der Waals surface area contributed by atoms with Crippen molar-refractivity contribution in [2.75, 3.05) is 0 Å². The third kappa shape index (κ3) is 5.95. The van der Waals surface area contributed by atoms with Crippen LogP contribution < -0.4 is 0 Å². The van der Waals surface area contributed by atoms with Crippen LogP contribution in [0.5, 0.6) is 0 Å². The lowest BCUT2D eigenvalue weighted by Crippen LogP contribution is -2.17. The molecule has 1 unspecified atom stereocenters. The maximum Gasteiger partial charge on any atom is 0.160 e. The van der Waals surface area contributed by atoms with E-state index in [2.05, 4.69) is 212 Å². The average molecular weight is 872 g/mol. The zero-order valence-electron chi connectivity index (χ0n) is 37.1. The highest BCUT2D eigenvalue weighted by atomic mass is 16.3. The number of nitrogens with zero attached hydrogens (tertiary/aromatic N) is 3. The summed E-state index contributed by atoms with van der Waals surface area (Å²) in [4.78, 5) is 11.5. The molecule has 14 rings (SSSR count). The van der Waals surface area contributed by atoms with Crippen molar-refractivity contribution < 1.29 is 8.83 Å². The summed E-state index contributed by atoms with van der Waals surface area (Å²) >= 11 is 0. The molecule has 0 radical (unpaired) electrons. The number of aliphatic imine (C=N–C) groups is 2. The third-order valence-corrected chi connectivity index (χ3v) is 14.0. The van der Waals surface area contributed by atoms with E-state index in [0.29, 0.717) is 5.84 Å². The monoisotopic (exact) mass is 871 g/mol. The topological polar surface area (TPSA) is 55.9 Å². The van der Waals surface area contributed by atoms with E-state index in [9.17, 15) is 0 Å². The number of para-hydroxylation sites is 3. The Balaban J connectivity index is 1.08. The van der Waals surface area contributed by atoms with Crippen LogP contribution in [0.25, 0.3) is 110 Å². The molecule has 0 bridgehead atoms. The molecule has 0 fully saturated rings. The Kier molecular flexibility index (Phi) is 8.56. The first-order valence-electron chi connectivity index (χ1n) is 23.4. The van der Waals surface area contributed by atoms with Crippen LogP contribution in [0.3, 0.4) is 0 Å². The Morgan fingerprint density at radius 3 is 2.03 bits per heavy atom. The normalized spacial score (nSPS) is 15.4. The molecule has 5 nitrogen and oxygen atoms in total. The van der Waals surface area contributed by atoms with Crippen LogP contribution in [0.4, 0.5) is 0 Å². The molecular formula is C63H41N3O2. The third-order valence-electron chi connectivity index (χ3n) is 14.0. The average Bonchev–Trinajstić information content (AvgIpc) is 4.08. The summed E-state index contributed by atoms with van der Waals surface area (Å²) in [5.41, 5.74) is 13.4. The summed E-state index contributed by atoms with van der Waals surface area (Å²) in [7, 11) is 0. The van der Waals surface area contributed by atoms with Crippen LogP contribution in [0.2, 0.25) is 0 Å². The van der Waals surface area contributed by atoms with Crippen LogP contribution in [0, 0.1) is 5.92 Å². The van der Waals surface area contributed by atoms with Crippen LogP contribution in [-0.2, 0) is 0 Å². The Morgan fingerprint density at radius 2 is 1.15 bits per heavy atom. The predicted molar refractivity (Wildman–Crippen MR) is 284 cm³/mol. The number of hydrogen-bond donors (Lipinski definition) is 0. The molecule has 1 atom stereocenters. The van der Waals surface area contributed by atoms with Crippen molar-refractivity contribution in [3.8, 4) is 16.8 Å². The zero-order chi connectivity index (χ0) is 44.9. The number of benzene rings is 10. The fourth-order valence-electron chi connectivity index (χ4n) is 10.8. The maximum atomic E-state index is 7.34. The number of aromatic nitrogens is 1. The molecule has 5 heteroatoms. The minimum atomic E-state index is 0.0450. The van der Waals surface area contributed by atoms with Gasteiger partial charge >= 0.3 is 0 Å². The van der Waals surface area contributed by atoms with Gasteiger partial charge in [-0.25, -0.2) is 9.98 Å². The van der Waals surface area contributed by atoms with Gasteiger partial charge in [-0.3, -0.25) is 0 Å². The molecule has 0 aliphatic carbocycles. The summed E-state index contributed by atoms with van der Waals surface area (Å²) in [6.45, 7) is 2.27. The van der Waals surface area contributed by atoms with Crippen molar-refractivity contribution >= 4 is 104 Å². The number of fused-ring (bicyclic) bond motifs is 12. The fourth-order valence-corrected chi connectivity index (χ4v) is 10.8. The van der Waals surface area contributed by atoms with Gasteiger partial charge in [0, 0.05) is 54.7 Å². The first-order chi connectivity index (χ1) is 33.6. The largest absolute Gasteiger partial charge is 0.455 e. The van der Waals surface area contributed by atoms with Crippen molar-refractivity contribution in [3.05, 3.63) is 229 Å². The van der Waals surface area contributed by atoms with Crippen LogP contribution in [0.15, 0.2) is 231 Å². The van der Waals surface area contributed by atoms with E-state index in [1.54, 1.807) is 0 Å². The standard InChI is InChI=1S/C63H41N3O2/c1-38-29-33-53(49-26-14-25-48-47-24-10-12-28-57(47)67-61(48)49)64-63(65-59(38)44-21-13-20-41(35-44)39-15-3-2-4-16-39)51-32-34-55(62-58(51)50-31-30-40-17-7-8-22-45(40)60(50)68-62)66-54-27-11-9-23-46(54)52-36-42-18-5-6-19-43(42)37-56(52)66/h2-28,30-38H,29H2,1H3/b53-33+,64-63?,65-59?. The molecule has 68 heavy (non-hydrogen) atoms. The van der Waals surface area contributed by atoms with Gasteiger partial charge in [0.15, 0.2) is 11.4 Å². The van der Waals surface area contributed by atoms with E-state index in [0.717, 1.165) is 117 Å². The Hall–Kier alpha value is -8.80. The molecule has 0 amide bonds. The van der Waals surface area contributed by atoms with Crippen LogP contribution in [-0.4, -0.2) is 16.1 Å². The minimum absolute atomic E-state index is 0.0450. The van der Waals surface area contributed by atoms with Crippen molar-refractivity contribution in [1.82, 2.24) is 4.57 Å². The molecule has 0 saturated heterocycles. The first-order valence-corrected chi connectivity index (χ1v) is 23.4. The molecule has 320 valence electrons. The van der Waals surface area contributed by atoms with Crippen molar-refractivity contribution in [2.45, 2.75) is 13.3 Å². The minimum Gasteiger partial charge on any atom is -0.455 e. The van der Waals surface area contributed by atoms with E-state index >= 15 is 0 Å². The lowest BCUT2D eigenvalue weighted by molar-refractivity contribution is 0.667. The smallest absolute Gasteiger partial charge is 0.160 e. The van der Waals surface area contributed by atoms with Crippen molar-refractivity contribution in [3.63, 3.8) is 0 Å². The number of allylic oxidation sites excluding steroid dienone is 1. The van der Waals surface area contributed by atoms with Crippen molar-refractivity contribution in [2.24, 2.45) is 15.9 Å². The van der Waals surface area contributed by atoms with E-state index in [1.807, 2.05) is 12.1 Å². The second kappa shape index (κ2) is 15.1. The quantitative estimate of drug-likeness (QED) is 0.173. The van der Waals surface area contributed by atoms with Gasteiger partial charge in [0.05, 0.1) is 28.1 Å². The van der Waals surface area contributed by atoms with Crippen LogP contribution >= 0.6 is 0 Å². The second-order valence-corrected chi connectivity index (χ2v) is 18.1. The highest BCUT2D eigenvalue weighted by Gasteiger charge is 2.26. The molecule has 0 N–H and O–H groups in total. The highest BCUT2D eigenvalue weighted by Crippen LogP contribution is 2.44. The lowest BCUT2D eigenvalue weighted by Gasteiger charge is -2.19. The molecule has 3 aromatic heterocycles. The molecule has 13 aromatic rings. The lowest BCUT2D eigenvalue weighted by atomic mass is 9.91. The number of furan rings is 2. The van der Waals surface area contributed by atoms with Gasteiger partial charge in [-0.1, -0.05) is 165 Å². The molecular weight excluding hydrogens is 831 g/mol. The number of hydrogen-bond acceptors (Lipinski definition) is 4. The second-order valence-electron chi connectivity index (χ2n) is 18.1. The van der Waals surface area contributed by atoms with E-state index < -0.39 is 0 Å². The van der Waals surface area contributed by atoms with E-state index in [4.69, 9.17) is 18.8 Å². The van der Waals surface area contributed by atoms with Gasteiger partial charge in [0.25, 0.3) is 0 Å². The summed E-state index contributed by atoms with van der Waals surface area (Å²) in [5, 5.41) is 11.1. The summed E-state index contributed by atoms with van der Waals surface area (Å²) in [6.07, 6.45) is 3.01. The van der Waals surface area contributed by atoms with Gasteiger partial charge < -0.3 is 13.4 Å². The van der Waals surface area contributed by atoms with E-state index in [1.165, 1.54) is 21.5 Å². The highest BCUT2D eigenvalue weighted by molar-refractivity contribution is 6.27. The number of amidine groups is 1. The molecule has 1 aliphatic rings. The van der Waals surface area contributed by atoms with Gasteiger partial charge in [-0.2, -0.15) is 0 Å². The maximum absolute atomic E-state index is 7.34. The molecule has 4 heterocycles. The summed E-state index contributed by atoms with van der Waals surface area (Å²) in [5.74, 6) is 0.653. The Bertz CT molecular complexity index is 4310. The van der Waals surface area contributed by atoms with Gasteiger partial charge in [-0.05, 0) is 93.9 Å².